The van der Waals surface area contributed by atoms with E-state index in [9.17, 15) is 4.79 Å². The lowest BCUT2D eigenvalue weighted by atomic mass is 10.1. The van der Waals surface area contributed by atoms with Crippen LogP contribution >= 0.6 is 11.3 Å². The summed E-state index contributed by atoms with van der Waals surface area (Å²) in [5.41, 5.74) is 2.84. The molecule has 19 heavy (non-hydrogen) atoms. The Hall–Kier alpha value is -1.68. The third-order valence-electron chi connectivity index (χ3n) is 2.99. The molecule has 4 heteroatoms. The van der Waals surface area contributed by atoms with Crippen LogP contribution in [-0.4, -0.2) is 10.9 Å². The van der Waals surface area contributed by atoms with E-state index in [0.29, 0.717) is 5.56 Å². The average molecular weight is 274 g/mol. The lowest BCUT2D eigenvalue weighted by Gasteiger charge is -2.13. The first-order valence-electron chi connectivity index (χ1n) is 6.29. The van der Waals surface area contributed by atoms with Crippen molar-refractivity contribution in [1.82, 2.24) is 10.3 Å². The summed E-state index contributed by atoms with van der Waals surface area (Å²) < 4.78 is 0. The van der Waals surface area contributed by atoms with Crippen LogP contribution in [0.15, 0.2) is 24.3 Å². The summed E-state index contributed by atoms with van der Waals surface area (Å²) in [5, 5.41) is 4.05. The summed E-state index contributed by atoms with van der Waals surface area (Å²) >= 11 is 1.64. The number of amides is 1. The minimum Gasteiger partial charge on any atom is -0.345 e. The molecule has 1 heterocycles. The van der Waals surface area contributed by atoms with E-state index in [1.165, 1.54) is 0 Å². The van der Waals surface area contributed by atoms with Crippen molar-refractivity contribution in [2.75, 3.05) is 0 Å². The number of carbonyl (C=O) groups is 1. The highest BCUT2D eigenvalue weighted by atomic mass is 32.1. The first-order chi connectivity index (χ1) is 8.97. The summed E-state index contributed by atoms with van der Waals surface area (Å²) in [5.74, 6) is -0.0436. The number of hydrogen-bond donors (Lipinski definition) is 1. The predicted octanol–water partition coefficient (Wildman–Crippen LogP) is 3.56. The standard InChI is InChI=1S/C15H18N2OS/c1-9-5-7-13(8-6-9)15(18)17-11(3)14-10(2)16-12(4)19-14/h5-8,11H,1-4H3,(H,17,18). The Morgan fingerprint density at radius 3 is 2.37 bits per heavy atom. The molecule has 1 unspecified atom stereocenters. The molecule has 0 aliphatic rings. The van der Waals surface area contributed by atoms with Crippen LogP contribution in [0.4, 0.5) is 0 Å². The molecule has 1 aromatic carbocycles. The van der Waals surface area contributed by atoms with Gasteiger partial charge in [0.2, 0.25) is 0 Å². The summed E-state index contributed by atoms with van der Waals surface area (Å²) in [6.45, 7) is 7.96. The van der Waals surface area contributed by atoms with Crippen LogP contribution < -0.4 is 5.32 Å². The smallest absolute Gasteiger partial charge is 0.251 e. The van der Waals surface area contributed by atoms with Gasteiger partial charge < -0.3 is 5.32 Å². The highest BCUT2D eigenvalue weighted by Gasteiger charge is 2.16. The highest BCUT2D eigenvalue weighted by molar-refractivity contribution is 7.11. The minimum atomic E-state index is -0.0436. The van der Waals surface area contributed by atoms with Crippen LogP contribution in [0.3, 0.4) is 0 Å². The van der Waals surface area contributed by atoms with E-state index in [1.807, 2.05) is 52.0 Å². The maximum Gasteiger partial charge on any atom is 0.251 e. The Morgan fingerprint density at radius 1 is 1.21 bits per heavy atom. The quantitative estimate of drug-likeness (QED) is 0.930. The van der Waals surface area contributed by atoms with Crippen molar-refractivity contribution in [3.05, 3.63) is 51.0 Å². The van der Waals surface area contributed by atoms with Crippen molar-refractivity contribution in [3.8, 4) is 0 Å². The molecule has 2 aromatic rings. The first kappa shape index (κ1) is 13.7. The molecule has 0 bridgehead atoms. The Morgan fingerprint density at radius 2 is 1.84 bits per heavy atom. The van der Waals surface area contributed by atoms with Gasteiger partial charge in [-0.1, -0.05) is 17.7 Å². The van der Waals surface area contributed by atoms with E-state index in [4.69, 9.17) is 0 Å². The van der Waals surface area contributed by atoms with Crippen molar-refractivity contribution >= 4 is 17.2 Å². The second-order valence-electron chi connectivity index (χ2n) is 4.74. The van der Waals surface area contributed by atoms with Gasteiger partial charge in [-0.05, 0) is 39.8 Å². The molecule has 2 rings (SSSR count). The molecule has 0 aliphatic carbocycles. The largest absolute Gasteiger partial charge is 0.345 e. The van der Waals surface area contributed by atoms with Gasteiger partial charge in [-0.15, -0.1) is 11.3 Å². The molecular formula is C15H18N2OS. The van der Waals surface area contributed by atoms with Gasteiger partial charge in [-0.25, -0.2) is 4.98 Å². The van der Waals surface area contributed by atoms with Gasteiger partial charge in [0.1, 0.15) is 0 Å². The zero-order chi connectivity index (χ0) is 14.0. The van der Waals surface area contributed by atoms with E-state index < -0.39 is 0 Å². The summed E-state index contributed by atoms with van der Waals surface area (Å²) in [6.07, 6.45) is 0. The lowest BCUT2D eigenvalue weighted by molar-refractivity contribution is 0.0940. The Bertz CT molecular complexity index is 587. The van der Waals surface area contributed by atoms with Gasteiger partial charge in [-0.3, -0.25) is 4.79 Å². The van der Waals surface area contributed by atoms with Crippen LogP contribution in [0.5, 0.6) is 0 Å². The normalized spacial score (nSPS) is 12.2. The van der Waals surface area contributed by atoms with Crippen LogP contribution in [0.2, 0.25) is 0 Å². The molecule has 0 fully saturated rings. The van der Waals surface area contributed by atoms with Crippen molar-refractivity contribution in [2.45, 2.75) is 33.7 Å². The maximum absolute atomic E-state index is 12.1. The van der Waals surface area contributed by atoms with E-state index >= 15 is 0 Å². The number of benzene rings is 1. The van der Waals surface area contributed by atoms with Gasteiger partial charge in [0, 0.05) is 10.4 Å². The first-order valence-corrected chi connectivity index (χ1v) is 7.10. The number of hydrogen-bond acceptors (Lipinski definition) is 3. The topological polar surface area (TPSA) is 42.0 Å². The SMILES string of the molecule is Cc1ccc(C(=O)NC(C)c2sc(C)nc2C)cc1. The Labute approximate surface area is 117 Å². The molecule has 0 spiro atoms. The molecule has 3 nitrogen and oxygen atoms in total. The number of aryl methyl sites for hydroxylation is 3. The number of nitrogens with zero attached hydrogens (tertiary/aromatic N) is 1. The number of carbonyl (C=O) groups excluding carboxylic acids is 1. The molecule has 0 saturated carbocycles. The summed E-state index contributed by atoms with van der Waals surface area (Å²) in [7, 11) is 0. The van der Waals surface area contributed by atoms with Crippen molar-refractivity contribution in [2.24, 2.45) is 0 Å². The fourth-order valence-electron chi connectivity index (χ4n) is 2.00. The minimum absolute atomic E-state index is 0.0139. The second kappa shape index (κ2) is 5.53. The van der Waals surface area contributed by atoms with Gasteiger partial charge in [0.05, 0.1) is 16.7 Å². The third-order valence-corrected chi connectivity index (χ3v) is 4.25. The molecule has 0 saturated heterocycles. The van der Waals surface area contributed by atoms with E-state index in [0.717, 1.165) is 21.1 Å². The molecular weight excluding hydrogens is 256 g/mol. The van der Waals surface area contributed by atoms with Crippen molar-refractivity contribution in [1.29, 1.82) is 0 Å². The molecule has 100 valence electrons. The molecule has 0 radical (unpaired) electrons. The molecule has 1 amide bonds. The van der Waals surface area contributed by atoms with E-state index in [-0.39, 0.29) is 11.9 Å². The van der Waals surface area contributed by atoms with Gasteiger partial charge in [0.15, 0.2) is 0 Å². The molecule has 1 N–H and O–H groups in total. The maximum atomic E-state index is 12.1. The van der Waals surface area contributed by atoms with Crippen molar-refractivity contribution in [3.63, 3.8) is 0 Å². The van der Waals surface area contributed by atoms with Crippen LogP contribution in [-0.2, 0) is 0 Å². The molecule has 1 atom stereocenters. The lowest BCUT2D eigenvalue weighted by Crippen LogP contribution is -2.26. The van der Waals surface area contributed by atoms with Crippen molar-refractivity contribution < 1.29 is 4.79 Å². The van der Waals surface area contributed by atoms with E-state index in [1.54, 1.807) is 11.3 Å². The zero-order valence-corrected chi connectivity index (χ0v) is 12.5. The highest BCUT2D eigenvalue weighted by Crippen LogP contribution is 2.24. The molecule has 0 aliphatic heterocycles. The van der Waals surface area contributed by atoms with Gasteiger partial charge in [0.25, 0.3) is 5.91 Å². The summed E-state index contributed by atoms with van der Waals surface area (Å²) in [4.78, 5) is 17.6. The predicted molar refractivity (Wildman–Crippen MR) is 78.6 cm³/mol. The van der Waals surface area contributed by atoms with E-state index in [2.05, 4.69) is 10.3 Å². The summed E-state index contributed by atoms with van der Waals surface area (Å²) in [6, 6.07) is 7.58. The monoisotopic (exact) mass is 274 g/mol. The number of thiazole rings is 1. The zero-order valence-electron chi connectivity index (χ0n) is 11.7. The Balaban J connectivity index is 2.10. The van der Waals surface area contributed by atoms with Crippen LogP contribution in [0.1, 0.15) is 44.5 Å². The number of nitrogens with one attached hydrogen (secondary N) is 1. The van der Waals surface area contributed by atoms with Gasteiger partial charge >= 0.3 is 0 Å². The van der Waals surface area contributed by atoms with Crippen LogP contribution in [0, 0.1) is 20.8 Å². The van der Waals surface area contributed by atoms with Crippen LogP contribution in [0.25, 0.3) is 0 Å². The number of rotatable bonds is 3. The third kappa shape index (κ3) is 3.20. The average Bonchev–Trinajstić information content (AvgIpc) is 2.69. The fraction of sp³-hybridized carbons (Fsp3) is 0.333. The number of aromatic nitrogens is 1. The second-order valence-corrected chi connectivity index (χ2v) is 5.98. The Kier molecular flexibility index (Phi) is 4.00. The fourth-order valence-corrected chi connectivity index (χ4v) is 2.93. The molecule has 1 aromatic heterocycles. The van der Waals surface area contributed by atoms with Gasteiger partial charge in [-0.2, -0.15) is 0 Å².